The van der Waals surface area contributed by atoms with E-state index in [9.17, 15) is 4.79 Å². The largest absolute Gasteiger partial charge is 0.494 e. The molecule has 3 rings (SSSR count). The summed E-state index contributed by atoms with van der Waals surface area (Å²) in [6.07, 6.45) is 2.73. The Morgan fingerprint density at radius 3 is 2.85 bits per heavy atom. The third-order valence-electron chi connectivity index (χ3n) is 4.45. The van der Waals surface area contributed by atoms with Crippen molar-refractivity contribution in [2.45, 2.75) is 51.6 Å². The number of aryl methyl sites for hydroxylation is 1. The number of benzene rings is 1. The number of rotatable bonds is 7. The van der Waals surface area contributed by atoms with Crippen LogP contribution in [0.1, 0.15) is 39.0 Å². The van der Waals surface area contributed by atoms with Gasteiger partial charge >= 0.3 is 0 Å². The fourth-order valence-corrected chi connectivity index (χ4v) is 3.12. The highest BCUT2D eigenvalue weighted by Gasteiger charge is 2.20. The van der Waals surface area contributed by atoms with Crippen molar-refractivity contribution in [1.29, 1.82) is 0 Å². The molecule has 1 saturated heterocycles. The number of ether oxygens (including phenoxy) is 1. The molecule has 2 N–H and O–H groups in total. The first-order chi connectivity index (χ1) is 12.6. The van der Waals surface area contributed by atoms with E-state index in [0.29, 0.717) is 37.2 Å². The molecule has 1 fully saturated rings. The van der Waals surface area contributed by atoms with Crippen molar-refractivity contribution in [2.24, 2.45) is 0 Å². The van der Waals surface area contributed by atoms with E-state index in [4.69, 9.17) is 9.26 Å². The van der Waals surface area contributed by atoms with Gasteiger partial charge in [0.05, 0.1) is 6.61 Å². The SMILES string of the molecule is CCOc1ccc(-c2noc(CCC(=O)NC3CCNC(C)C3)n2)cc1.Cl. The molecule has 1 amide bonds. The second kappa shape index (κ2) is 10.3. The Bertz CT molecular complexity index is 720. The van der Waals surface area contributed by atoms with Gasteiger partial charge in [-0.3, -0.25) is 4.79 Å². The normalized spacial score (nSPS) is 19.2. The summed E-state index contributed by atoms with van der Waals surface area (Å²) in [5.74, 6) is 1.84. The molecule has 7 nitrogen and oxygen atoms in total. The van der Waals surface area contributed by atoms with E-state index in [0.717, 1.165) is 30.7 Å². The minimum Gasteiger partial charge on any atom is -0.494 e. The Morgan fingerprint density at radius 1 is 1.37 bits per heavy atom. The Morgan fingerprint density at radius 2 is 2.15 bits per heavy atom. The number of hydrogen-bond acceptors (Lipinski definition) is 6. The summed E-state index contributed by atoms with van der Waals surface area (Å²) in [7, 11) is 0. The maximum Gasteiger partial charge on any atom is 0.227 e. The average Bonchev–Trinajstić information content (AvgIpc) is 3.10. The molecule has 148 valence electrons. The van der Waals surface area contributed by atoms with Gasteiger partial charge < -0.3 is 19.9 Å². The van der Waals surface area contributed by atoms with Gasteiger partial charge in [0.2, 0.25) is 17.6 Å². The van der Waals surface area contributed by atoms with Crippen molar-refractivity contribution in [3.8, 4) is 17.1 Å². The van der Waals surface area contributed by atoms with Crippen molar-refractivity contribution in [3.63, 3.8) is 0 Å². The summed E-state index contributed by atoms with van der Waals surface area (Å²) in [5, 5.41) is 10.5. The summed E-state index contributed by atoms with van der Waals surface area (Å²) in [4.78, 5) is 16.5. The molecule has 0 aliphatic carbocycles. The molecule has 1 aliphatic heterocycles. The number of aromatic nitrogens is 2. The Kier molecular flexibility index (Phi) is 8.06. The lowest BCUT2D eigenvalue weighted by Gasteiger charge is -2.28. The van der Waals surface area contributed by atoms with Crippen LogP contribution in [0.2, 0.25) is 0 Å². The van der Waals surface area contributed by atoms with Gasteiger partial charge in [0.25, 0.3) is 0 Å². The monoisotopic (exact) mass is 394 g/mol. The number of nitrogens with zero attached hydrogens (tertiary/aromatic N) is 2. The molecule has 1 aliphatic rings. The zero-order valence-electron chi connectivity index (χ0n) is 15.7. The molecule has 27 heavy (non-hydrogen) atoms. The molecule has 8 heteroatoms. The average molecular weight is 395 g/mol. The molecule has 2 aromatic rings. The van der Waals surface area contributed by atoms with Crippen LogP contribution in [-0.2, 0) is 11.2 Å². The number of amides is 1. The highest BCUT2D eigenvalue weighted by atomic mass is 35.5. The number of piperidine rings is 1. The van der Waals surface area contributed by atoms with E-state index in [2.05, 4.69) is 27.7 Å². The van der Waals surface area contributed by atoms with E-state index >= 15 is 0 Å². The van der Waals surface area contributed by atoms with Crippen LogP contribution < -0.4 is 15.4 Å². The van der Waals surface area contributed by atoms with Crippen LogP contribution in [0.4, 0.5) is 0 Å². The molecule has 2 heterocycles. The van der Waals surface area contributed by atoms with E-state index < -0.39 is 0 Å². The Balaban J connectivity index is 0.00000261. The lowest BCUT2D eigenvalue weighted by molar-refractivity contribution is -0.122. The first kappa shape index (κ1) is 21.2. The van der Waals surface area contributed by atoms with Gasteiger partial charge in [0.15, 0.2) is 0 Å². The van der Waals surface area contributed by atoms with Crippen LogP contribution in [0.3, 0.4) is 0 Å². The predicted octanol–water partition coefficient (Wildman–Crippen LogP) is 2.75. The predicted molar refractivity (Wildman–Crippen MR) is 105 cm³/mol. The quantitative estimate of drug-likeness (QED) is 0.750. The summed E-state index contributed by atoms with van der Waals surface area (Å²) >= 11 is 0. The fraction of sp³-hybridized carbons (Fsp3) is 0.526. The molecule has 1 aromatic heterocycles. The third kappa shape index (κ3) is 6.22. The molecular formula is C19H27ClN4O3. The van der Waals surface area contributed by atoms with Crippen LogP contribution in [0.25, 0.3) is 11.4 Å². The van der Waals surface area contributed by atoms with Gasteiger partial charge in [-0.2, -0.15) is 4.98 Å². The van der Waals surface area contributed by atoms with E-state index in [1.54, 1.807) is 0 Å². The minimum absolute atomic E-state index is 0. The van der Waals surface area contributed by atoms with Crippen molar-refractivity contribution >= 4 is 18.3 Å². The molecule has 0 saturated carbocycles. The molecule has 0 spiro atoms. The van der Waals surface area contributed by atoms with E-state index in [-0.39, 0.29) is 24.4 Å². The van der Waals surface area contributed by atoms with Crippen LogP contribution in [0.15, 0.2) is 28.8 Å². The third-order valence-corrected chi connectivity index (χ3v) is 4.45. The van der Waals surface area contributed by atoms with Gasteiger partial charge in [0, 0.05) is 30.5 Å². The Hall–Kier alpha value is -2.12. The van der Waals surface area contributed by atoms with Gasteiger partial charge in [-0.05, 0) is 57.5 Å². The highest BCUT2D eigenvalue weighted by molar-refractivity contribution is 5.85. The first-order valence-corrected chi connectivity index (χ1v) is 9.22. The summed E-state index contributed by atoms with van der Waals surface area (Å²) in [6.45, 7) is 5.66. The number of carbonyl (C=O) groups excluding carboxylic acids is 1. The smallest absolute Gasteiger partial charge is 0.227 e. The zero-order valence-corrected chi connectivity index (χ0v) is 16.6. The lowest BCUT2D eigenvalue weighted by Crippen LogP contribution is -2.46. The highest BCUT2D eigenvalue weighted by Crippen LogP contribution is 2.20. The molecular weight excluding hydrogens is 368 g/mol. The van der Waals surface area contributed by atoms with Crippen molar-refractivity contribution in [3.05, 3.63) is 30.2 Å². The molecule has 1 aromatic carbocycles. The second-order valence-corrected chi connectivity index (χ2v) is 6.61. The lowest BCUT2D eigenvalue weighted by atomic mass is 10.0. The molecule has 2 atom stereocenters. The van der Waals surface area contributed by atoms with Crippen LogP contribution in [-0.4, -0.2) is 41.3 Å². The molecule has 2 unspecified atom stereocenters. The topological polar surface area (TPSA) is 89.3 Å². The second-order valence-electron chi connectivity index (χ2n) is 6.61. The Labute approximate surface area is 165 Å². The maximum absolute atomic E-state index is 12.1. The number of carbonyl (C=O) groups is 1. The summed E-state index contributed by atoms with van der Waals surface area (Å²) < 4.78 is 10.7. The van der Waals surface area contributed by atoms with Gasteiger partial charge in [-0.1, -0.05) is 5.16 Å². The van der Waals surface area contributed by atoms with Gasteiger partial charge in [-0.15, -0.1) is 12.4 Å². The number of nitrogens with one attached hydrogen (secondary N) is 2. The standard InChI is InChI=1S/C19H26N4O3.ClH/c1-3-25-16-6-4-14(5-7-16)19-22-18(26-23-19)9-8-17(24)21-15-10-11-20-13(2)12-15;/h4-7,13,15,20H,3,8-12H2,1-2H3,(H,21,24);1H. The molecule has 0 radical (unpaired) electrons. The van der Waals surface area contributed by atoms with Crippen LogP contribution >= 0.6 is 12.4 Å². The first-order valence-electron chi connectivity index (χ1n) is 9.22. The van der Waals surface area contributed by atoms with Crippen LogP contribution in [0.5, 0.6) is 5.75 Å². The summed E-state index contributed by atoms with van der Waals surface area (Å²) in [6, 6.07) is 8.24. The van der Waals surface area contributed by atoms with Crippen LogP contribution in [0, 0.1) is 0 Å². The van der Waals surface area contributed by atoms with Crippen molar-refractivity contribution in [2.75, 3.05) is 13.2 Å². The van der Waals surface area contributed by atoms with Gasteiger partial charge in [0.1, 0.15) is 5.75 Å². The summed E-state index contributed by atoms with van der Waals surface area (Å²) in [5.41, 5.74) is 0.858. The fourth-order valence-electron chi connectivity index (χ4n) is 3.12. The number of halogens is 1. The zero-order chi connectivity index (χ0) is 18.4. The molecule has 0 bridgehead atoms. The van der Waals surface area contributed by atoms with Gasteiger partial charge in [-0.25, -0.2) is 0 Å². The maximum atomic E-state index is 12.1. The minimum atomic E-state index is 0. The van der Waals surface area contributed by atoms with E-state index in [1.807, 2.05) is 31.2 Å². The van der Waals surface area contributed by atoms with Crippen molar-refractivity contribution < 1.29 is 14.1 Å². The van der Waals surface area contributed by atoms with Crippen molar-refractivity contribution in [1.82, 2.24) is 20.8 Å². The van der Waals surface area contributed by atoms with E-state index in [1.165, 1.54) is 0 Å². The number of hydrogen-bond donors (Lipinski definition) is 2.